The van der Waals surface area contributed by atoms with Crippen LogP contribution in [0.2, 0.25) is 0 Å². The van der Waals surface area contributed by atoms with E-state index < -0.39 is 0 Å². The molecule has 0 fully saturated rings. The molecule has 1 aliphatic carbocycles. The van der Waals surface area contributed by atoms with Crippen molar-refractivity contribution in [1.29, 1.82) is 0 Å². The molecule has 2 atom stereocenters. The van der Waals surface area contributed by atoms with E-state index in [2.05, 4.69) is 24.7 Å². The van der Waals surface area contributed by atoms with Gasteiger partial charge in [-0.3, -0.25) is 0 Å². The molecule has 0 amide bonds. The Morgan fingerprint density at radius 2 is 2.45 bits per heavy atom. The number of hydrogen-bond donors (Lipinski definition) is 1. The van der Waals surface area contributed by atoms with Crippen LogP contribution in [-0.2, 0) is 0 Å². The van der Waals surface area contributed by atoms with Gasteiger partial charge in [0.05, 0.1) is 0 Å². The third kappa shape index (κ3) is 1.69. The summed E-state index contributed by atoms with van der Waals surface area (Å²) in [7, 11) is 0. The Labute approximate surface area is 68.2 Å². The fraction of sp³-hybridized carbons (Fsp3) is 0.667. The molecule has 0 bridgehead atoms. The van der Waals surface area contributed by atoms with Crippen LogP contribution in [0.4, 0.5) is 0 Å². The SMILES string of the molecule is C=NCC[C@@H]1C(CN)=CC1C. The smallest absolute Gasteiger partial charge is 0.0388 e. The average Bonchev–Trinajstić information content (AvgIpc) is 2.00. The zero-order valence-corrected chi connectivity index (χ0v) is 7.09. The monoisotopic (exact) mass is 152 g/mol. The first-order chi connectivity index (χ1) is 5.29. The second-order valence-electron chi connectivity index (χ2n) is 3.15. The zero-order chi connectivity index (χ0) is 8.27. The summed E-state index contributed by atoms with van der Waals surface area (Å²) >= 11 is 0. The van der Waals surface area contributed by atoms with Crippen molar-refractivity contribution >= 4 is 6.72 Å². The number of aliphatic imine (C=N–C) groups is 1. The quantitative estimate of drug-likeness (QED) is 0.477. The molecule has 0 aliphatic heterocycles. The van der Waals surface area contributed by atoms with Crippen molar-refractivity contribution < 1.29 is 0 Å². The molecule has 1 rings (SSSR count). The Morgan fingerprint density at radius 1 is 1.73 bits per heavy atom. The van der Waals surface area contributed by atoms with Gasteiger partial charge >= 0.3 is 0 Å². The van der Waals surface area contributed by atoms with E-state index in [0.29, 0.717) is 18.4 Å². The van der Waals surface area contributed by atoms with Gasteiger partial charge in [0.25, 0.3) is 0 Å². The summed E-state index contributed by atoms with van der Waals surface area (Å²) in [6.45, 7) is 7.28. The minimum absolute atomic E-state index is 0.686. The summed E-state index contributed by atoms with van der Waals surface area (Å²) < 4.78 is 0. The molecule has 2 N–H and O–H groups in total. The highest BCUT2D eigenvalue weighted by Crippen LogP contribution is 2.34. The van der Waals surface area contributed by atoms with Gasteiger partial charge < -0.3 is 10.7 Å². The number of hydrogen-bond acceptors (Lipinski definition) is 2. The van der Waals surface area contributed by atoms with Crippen LogP contribution in [-0.4, -0.2) is 19.8 Å². The molecule has 0 spiro atoms. The van der Waals surface area contributed by atoms with Gasteiger partial charge in [-0.2, -0.15) is 0 Å². The second-order valence-corrected chi connectivity index (χ2v) is 3.15. The predicted octanol–water partition coefficient (Wildman–Crippen LogP) is 1.23. The van der Waals surface area contributed by atoms with Gasteiger partial charge in [-0.05, 0) is 25.0 Å². The van der Waals surface area contributed by atoms with Gasteiger partial charge in [0.2, 0.25) is 0 Å². The van der Waals surface area contributed by atoms with E-state index in [4.69, 9.17) is 5.73 Å². The Balaban J connectivity index is 2.35. The molecule has 2 nitrogen and oxygen atoms in total. The normalized spacial score (nSPS) is 29.1. The lowest BCUT2D eigenvalue weighted by atomic mass is 9.74. The number of nitrogens with zero attached hydrogens (tertiary/aromatic N) is 1. The van der Waals surface area contributed by atoms with E-state index in [9.17, 15) is 0 Å². The molecule has 0 aromatic rings. The Morgan fingerprint density at radius 3 is 2.91 bits per heavy atom. The van der Waals surface area contributed by atoms with Crippen molar-refractivity contribution in [2.75, 3.05) is 13.1 Å². The van der Waals surface area contributed by atoms with E-state index in [1.54, 1.807) is 0 Å². The van der Waals surface area contributed by atoms with Crippen molar-refractivity contribution in [2.45, 2.75) is 13.3 Å². The highest BCUT2D eigenvalue weighted by molar-refractivity contribution is 5.24. The zero-order valence-electron chi connectivity index (χ0n) is 7.09. The maximum Gasteiger partial charge on any atom is 0.0388 e. The van der Waals surface area contributed by atoms with Gasteiger partial charge in [-0.25, -0.2) is 0 Å². The van der Waals surface area contributed by atoms with Gasteiger partial charge in [-0.1, -0.05) is 18.6 Å². The van der Waals surface area contributed by atoms with E-state index in [0.717, 1.165) is 13.0 Å². The average molecular weight is 152 g/mol. The van der Waals surface area contributed by atoms with Gasteiger partial charge in [0.15, 0.2) is 0 Å². The molecular weight excluding hydrogens is 136 g/mol. The fourth-order valence-corrected chi connectivity index (χ4v) is 1.69. The topological polar surface area (TPSA) is 38.4 Å². The lowest BCUT2D eigenvalue weighted by Gasteiger charge is -2.33. The largest absolute Gasteiger partial charge is 0.327 e. The van der Waals surface area contributed by atoms with Crippen LogP contribution in [0.25, 0.3) is 0 Å². The van der Waals surface area contributed by atoms with E-state index in [1.165, 1.54) is 5.57 Å². The van der Waals surface area contributed by atoms with Crippen LogP contribution in [0.1, 0.15) is 13.3 Å². The highest BCUT2D eigenvalue weighted by atomic mass is 14.7. The first-order valence-electron chi connectivity index (χ1n) is 4.12. The highest BCUT2D eigenvalue weighted by Gasteiger charge is 2.26. The molecule has 1 aliphatic rings. The fourth-order valence-electron chi connectivity index (χ4n) is 1.69. The lowest BCUT2D eigenvalue weighted by Crippen LogP contribution is -2.28. The van der Waals surface area contributed by atoms with Crippen LogP contribution < -0.4 is 5.73 Å². The van der Waals surface area contributed by atoms with Crippen LogP contribution in [0.3, 0.4) is 0 Å². The minimum Gasteiger partial charge on any atom is -0.327 e. The standard InChI is InChI=1S/C9H16N2/c1-7-5-8(6-10)9(7)3-4-11-2/h5,7,9H,2-4,6,10H2,1H3/t7?,9-/m0/s1. The number of nitrogens with two attached hydrogens (primary N) is 1. The van der Waals surface area contributed by atoms with E-state index >= 15 is 0 Å². The molecule has 0 saturated heterocycles. The van der Waals surface area contributed by atoms with Crippen LogP contribution in [0.5, 0.6) is 0 Å². The van der Waals surface area contributed by atoms with E-state index in [-0.39, 0.29) is 0 Å². The summed E-state index contributed by atoms with van der Waals surface area (Å²) in [5.41, 5.74) is 6.95. The Hall–Kier alpha value is -0.630. The molecule has 0 saturated carbocycles. The lowest BCUT2D eigenvalue weighted by molar-refractivity contribution is 0.397. The van der Waals surface area contributed by atoms with Crippen molar-refractivity contribution in [3.05, 3.63) is 11.6 Å². The number of allylic oxidation sites excluding steroid dienone is 1. The molecule has 0 aromatic carbocycles. The minimum atomic E-state index is 0.686. The predicted molar refractivity (Wildman–Crippen MR) is 48.8 cm³/mol. The third-order valence-electron chi connectivity index (χ3n) is 2.42. The summed E-state index contributed by atoms with van der Waals surface area (Å²) in [4.78, 5) is 3.84. The van der Waals surface area contributed by atoms with Crippen LogP contribution in [0.15, 0.2) is 16.6 Å². The number of rotatable bonds is 4. The summed E-state index contributed by atoms with van der Waals surface area (Å²) in [5.74, 6) is 1.39. The first-order valence-corrected chi connectivity index (χ1v) is 4.12. The van der Waals surface area contributed by atoms with Crippen molar-refractivity contribution in [3.63, 3.8) is 0 Å². The molecule has 0 radical (unpaired) electrons. The van der Waals surface area contributed by atoms with Gasteiger partial charge in [0.1, 0.15) is 0 Å². The van der Waals surface area contributed by atoms with Gasteiger partial charge in [0, 0.05) is 13.1 Å². The van der Waals surface area contributed by atoms with Crippen LogP contribution in [0, 0.1) is 11.8 Å². The summed E-state index contributed by atoms with van der Waals surface area (Å²) in [6.07, 6.45) is 3.38. The maximum absolute atomic E-state index is 5.54. The van der Waals surface area contributed by atoms with Crippen LogP contribution >= 0.6 is 0 Å². The second kappa shape index (κ2) is 3.67. The Bertz CT molecular complexity index is 172. The third-order valence-corrected chi connectivity index (χ3v) is 2.42. The van der Waals surface area contributed by atoms with Crippen molar-refractivity contribution in [2.24, 2.45) is 22.6 Å². The first kappa shape index (κ1) is 8.47. The molecule has 11 heavy (non-hydrogen) atoms. The summed E-state index contributed by atoms with van der Waals surface area (Å²) in [5, 5.41) is 0. The molecule has 1 unspecified atom stereocenters. The van der Waals surface area contributed by atoms with Crippen molar-refractivity contribution in [1.82, 2.24) is 0 Å². The van der Waals surface area contributed by atoms with Gasteiger partial charge in [-0.15, -0.1) is 0 Å². The maximum atomic E-state index is 5.54. The molecule has 62 valence electrons. The van der Waals surface area contributed by atoms with Crippen molar-refractivity contribution in [3.8, 4) is 0 Å². The summed E-state index contributed by atoms with van der Waals surface area (Å²) in [6, 6.07) is 0. The molecule has 2 heteroatoms. The molecular formula is C9H16N2. The molecule has 0 aromatic heterocycles. The van der Waals surface area contributed by atoms with E-state index in [1.807, 2.05) is 0 Å². The molecule has 0 heterocycles. The Kier molecular flexibility index (Phi) is 2.83.